The van der Waals surface area contributed by atoms with Crippen LogP contribution in [-0.4, -0.2) is 21.3 Å². The number of ether oxygens (including phenoxy) is 2. The lowest BCUT2D eigenvalue weighted by Crippen LogP contribution is -2.18. The first-order valence-corrected chi connectivity index (χ1v) is 7.44. The fourth-order valence-electron chi connectivity index (χ4n) is 2.43. The van der Waals surface area contributed by atoms with Gasteiger partial charge in [0.15, 0.2) is 0 Å². The van der Waals surface area contributed by atoms with E-state index in [9.17, 15) is 0 Å². The highest BCUT2D eigenvalue weighted by Crippen LogP contribution is 2.39. The van der Waals surface area contributed by atoms with Crippen molar-refractivity contribution in [3.63, 3.8) is 0 Å². The lowest BCUT2D eigenvalue weighted by molar-refractivity contribution is 0.396. The maximum Gasteiger partial charge on any atom is 0.134 e. The van der Waals surface area contributed by atoms with Gasteiger partial charge >= 0.3 is 0 Å². The third-order valence-electron chi connectivity index (χ3n) is 3.65. The van der Waals surface area contributed by atoms with Crippen molar-refractivity contribution in [2.45, 2.75) is 19.9 Å². The summed E-state index contributed by atoms with van der Waals surface area (Å²) in [4.78, 5) is 1.16. The molecule has 4 heteroatoms. The molecular formula is C16H21NO2S. The number of rotatable bonds is 5. The molecule has 1 heterocycles. The summed E-state index contributed by atoms with van der Waals surface area (Å²) in [5, 5.41) is 5.41. The predicted molar refractivity (Wildman–Crippen MR) is 84.2 cm³/mol. The molecule has 1 atom stereocenters. The topological polar surface area (TPSA) is 30.5 Å². The lowest BCUT2D eigenvalue weighted by Gasteiger charge is -2.21. The van der Waals surface area contributed by atoms with E-state index in [4.69, 9.17) is 9.47 Å². The van der Waals surface area contributed by atoms with E-state index in [2.05, 4.69) is 31.3 Å². The number of aryl methyl sites for hydroxylation is 1. The molecule has 0 aliphatic heterocycles. The van der Waals surface area contributed by atoms with Gasteiger partial charge in [0.1, 0.15) is 11.5 Å². The average Bonchev–Trinajstić information content (AvgIpc) is 2.92. The fourth-order valence-corrected chi connectivity index (χ4v) is 3.41. The maximum absolute atomic E-state index is 5.64. The molecular weight excluding hydrogens is 270 g/mol. The Morgan fingerprint density at radius 1 is 1.10 bits per heavy atom. The van der Waals surface area contributed by atoms with E-state index in [1.54, 1.807) is 25.6 Å². The van der Waals surface area contributed by atoms with Gasteiger partial charge in [0.05, 0.1) is 25.1 Å². The smallest absolute Gasteiger partial charge is 0.134 e. The minimum absolute atomic E-state index is 0.0687. The number of nitrogens with one attached hydrogen (secondary N) is 1. The van der Waals surface area contributed by atoms with Crippen LogP contribution in [0.2, 0.25) is 0 Å². The monoisotopic (exact) mass is 291 g/mol. The summed E-state index contributed by atoms with van der Waals surface area (Å²) in [5.41, 5.74) is 3.55. The van der Waals surface area contributed by atoms with Gasteiger partial charge in [0, 0.05) is 5.56 Å². The summed E-state index contributed by atoms with van der Waals surface area (Å²) in [7, 11) is 5.39. The molecule has 1 aromatic carbocycles. The Hall–Kier alpha value is -1.52. The van der Waals surface area contributed by atoms with Crippen molar-refractivity contribution in [3.05, 3.63) is 45.1 Å². The summed E-state index contributed by atoms with van der Waals surface area (Å²) >= 11 is 1.69. The Labute approximate surface area is 124 Å². The van der Waals surface area contributed by atoms with E-state index >= 15 is 0 Å². The van der Waals surface area contributed by atoms with Gasteiger partial charge in [-0.15, -0.1) is 11.3 Å². The average molecular weight is 291 g/mol. The van der Waals surface area contributed by atoms with E-state index in [-0.39, 0.29) is 6.04 Å². The van der Waals surface area contributed by atoms with Gasteiger partial charge in [-0.1, -0.05) is 12.1 Å². The Bertz CT molecular complexity index is 592. The van der Waals surface area contributed by atoms with Gasteiger partial charge in [-0.05, 0) is 43.5 Å². The second-order valence-corrected chi connectivity index (χ2v) is 5.65. The van der Waals surface area contributed by atoms with Crippen molar-refractivity contribution in [3.8, 4) is 11.5 Å². The van der Waals surface area contributed by atoms with Gasteiger partial charge in [-0.2, -0.15) is 0 Å². The molecule has 0 amide bonds. The normalized spacial score (nSPS) is 12.2. The van der Waals surface area contributed by atoms with E-state index in [1.165, 1.54) is 11.1 Å². The number of hydrogen-bond acceptors (Lipinski definition) is 4. The van der Waals surface area contributed by atoms with Gasteiger partial charge < -0.3 is 14.8 Å². The van der Waals surface area contributed by atoms with Crippen LogP contribution in [0, 0.1) is 13.8 Å². The molecule has 0 aliphatic rings. The molecule has 1 unspecified atom stereocenters. The highest BCUT2D eigenvalue weighted by molar-refractivity contribution is 7.10. The van der Waals surface area contributed by atoms with E-state index in [0.29, 0.717) is 0 Å². The first kappa shape index (κ1) is 14.9. The van der Waals surface area contributed by atoms with Gasteiger partial charge in [0.25, 0.3) is 0 Å². The fraction of sp³-hybridized carbons (Fsp3) is 0.375. The number of methoxy groups -OCH3 is 2. The molecule has 2 aromatic rings. The van der Waals surface area contributed by atoms with Crippen LogP contribution in [0.4, 0.5) is 0 Å². The third kappa shape index (κ3) is 2.53. The first-order valence-electron chi connectivity index (χ1n) is 6.56. The molecule has 0 spiro atoms. The summed E-state index contributed by atoms with van der Waals surface area (Å²) in [6, 6.07) is 6.33. The van der Waals surface area contributed by atoms with Crippen molar-refractivity contribution in [2.75, 3.05) is 21.3 Å². The van der Waals surface area contributed by atoms with Crippen molar-refractivity contribution in [1.82, 2.24) is 5.32 Å². The molecule has 0 saturated carbocycles. The van der Waals surface area contributed by atoms with E-state index < -0.39 is 0 Å². The van der Waals surface area contributed by atoms with Crippen molar-refractivity contribution in [1.29, 1.82) is 0 Å². The molecule has 3 nitrogen and oxygen atoms in total. The summed E-state index contributed by atoms with van der Waals surface area (Å²) in [6.45, 7) is 4.19. The molecule has 2 rings (SSSR count). The van der Waals surface area contributed by atoms with Crippen molar-refractivity contribution < 1.29 is 9.47 Å². The summed E-state index contributed by atoms with van der Waals surface area (Å²) in [5.74, 6) is 1.86. The molecule has 0 fully saturated rings. The van der Waals surface area contributed by atoms with E-state index in [0.717, 1.165) is 21.9 Å². The quantitative estimate of drug-likeness (QED) is 0.911. The Morgan fingerprint density at radius 2 is 1.85 bits per heavy atom. The zero-order valence-electron chi connectivity index (χ0n) is 12.6. The highest BCUT2D eigenvalue weighted by Gasteiger charge is 2.22. The maximum atomic E-state index is 5.64. The number of thiophene rings is 1. The summed E-state index contributed by atoms with van der Waals surface area (Å²) < 4.78 is 11.1. The van der Waals surface area contributed by atoms with Gasteiger partial charge in [0.2, 0.25) is 0 Å². The second-order valence-electron chi connectivity index (χ2n) is 4.70. The van der Waals surface area contributed by atoms with E-state index in [1.807, 2.05) is 18.5 Å². The Morgan fingerprint density at radius 3 is 2.45 bits per heavy atom. The molecule has 0 bridgehead atoms. The van der Waals surface area contributed by atoms with Crippen molar-refractivity contribution >= 4 is 11.3 Å². The van der Waals surface area contributed by atoms with Crippen LogP contribution in [0.3, 0.4) is 0 Å². The molecule has 0 aliphatic carbocycles. The number of benzene rings is 1. The highest BCUT2D eigenvalue weighted by atomic mass is 32.1. The molecule has 108 valence electrons. The van der Waals surface area contributed by atoms with Crippen LogP contribution in [0.25, 0.3) is 0 Å². The zero-order valence-corrected chi connectivity index (χ0v) is 13.4. The third-order valence-corrected chi connectivity index (χ3v) is 4.61. The minimum atomic E-state index is 0.0687. The van der Waals surface area contributed by atoms with Crippen LogP contribution in [0.15, 0.2) is 23.6 Å². The summed E-state index contributed by atoms with van der Waals surface area (Å²) in [6.07, 6.45) is 0. The molecule has 0 radical (unpaired) electrons. The largest absolute Gasteiger partial charge is 0.496 e. The Kier molecular flexibility index (Phi) is 4.68. The van der Waals surface area contributed by atoms with Gasteiger partial charge in [-0.3, -0.25) is 0 Å². The van der Waals surface area contributed by atoms with Crippen LogP contribution in [-0.2, 0) is 0 Å². The number of hydrogen-bond donors (Lipinski definition) is 1. The van der Waals surface area contributed by atoms with Gasteiger partial charge in [-0.25, -0.2) is 0 Å². The standard InChI is InChI=1S/C16H21NO2S/c1-10-6-7-12(15(19-5)11(10)2)14(17-3)16-13(18-4)8-9-20-16/h6-9,14,17H,1-5H3. The van der Waals surface area contributed by atoms with Crippen LogP contribution in [0.5, 0.6) is 11.5 Å². The van der Waals surface area contributed by atoms with Crippen molar-refractivity contribution in [2.24, 2.45) is 0 Å². The second kappa shape index (κ2) is 6.29. The molecule has 1 N–H and O–H groups in total. The van der Waals surface area contributed by atoms with Crippen LogP contribution < -0.4 is 14.8 Å². The minimum Gasteiger partial charge on any atom is -0.496 e. The Balaban J connectivity index is 2.55. The first-order chi connectivity index (χ1) is 9.63. The van der Waals surface area contributed by atoms with Crippen LogP contribution in [0.1, 0.15) is 27.6 Å². The lowest BCUT2D eigenvalue weighted by atomic mass is 9.98. The molecule has 0 saturated heterocycles. The molecule has 1 aromatic heterocycles. The van der Waals surface area contributed by atoms with Crippen LogP contribution >= 0.6 is 11.3 Å². The molecule has 20 heavy (non-hydrogen) atoms. The predicted octanol–water partition coefficient (Wildman–Crippen LogP) is 3.69. The SMILES string of the molecule is CNC(c1ccc(C)c(C)c1OC)c1sccc1OC. The zero-order chi connectivity index (χ0) is 14.7.